The molecule has 0 spiro atoms. The van der Waals surface area contributed by atoms with Gasteiger partial charge in [-0.15, -0.1) is 0 Å². The lowest BCUT2D eigenvalue weighted by Crippen LogP contribution is -1.83. The Labute approximate surface area is 68.0 Å². The Balaban J connectivity index is 2.90. The largest absolute Gasteiger partial charge is 0.497 e. The van der Waals surface area contributed by atoms with Crippen LogP contribution in [0.15, 0.2) is 43.1 Å². The zero-order chi connectivity index (χ0) is 11.5. The Morgan fingerprint density at radius 3 is 3.20 bits per heavy atom. The summed E-state index contributed by atoms with van der Waals surface area (Å²) < 4.78 is 40.3. The second-order valence-electron chi connectivity index (χ2n) is 1.67. The van der Waals surface area contributed by atoms with Gasteiger partial charge in [0, 0.05) is 0 Å². The Morgan fingerprint density at radius 1 is 1.70 bits per heavy atom. The fraction of sp³-hybridized carbons (Fsp3) is 0.111. The molecule has 0 aliphatic rings. The topological polar surface area (TPSA) is 9.23 Å². The molecule has 0 radical (unpaired) electrons. The van der Waals surface area contributed by atoms with E-state index < -0.39 is 19.3 Å². The van der Waals surface area contributed by atoms with Crippen LogP contribution in [0.25, 0.3) is 0 Å². The van der Waals surface area contributed by atoms with Crippen LogP contribution in [-0.2, 0) is 11.3 Å². The summed E-state index contributed by atoms with van der Waals surface area (Å²) in [4.78, 5) is 0. The Bertz CT molecular complexity index is 356. The summed E-state index contributed by atoms with van der Waals surface area (Å²) in [5, 5.41) is 0. The average molecular weight is 139 g/mol. The number of hydrogen-bond acceptors (Lipinski definition) is 1. The van der Waals surface area contributed by atoms with Crippen LogP contribution in [0, 0.1) is 0 Å². The van der Waals surface area contributed by atoms with Gasteiger partial charge in [-0.2, -0.15) is 0 Å². The lowest BCUT2D eigenvalue weighted by molar-refractivity contribution is 0.237. The van der Waals surface area contributed by atoms with E-state index in [1.54, 1.807) is 18.2 Å². The van der Waals surface area contributed by atoms with E-state index in [4.69, 9.17) is 6.85 Å². The quantitative estimate of drug-likeness (QED) is 0.584. The third kappa shape index (κ3) is 1.94. The van der Waals surface area contributed by atoms with Gasteiger partial charge in [-0.25, -0.2) is 0 Å². The maximum absolute atomic E-state index is 7.51. The third-order valence-electron chi connectivity index (χ3n) is 0.994. The Morgan fingerprint density at radius 2 is 2.50 bits per heavy atom. The van der Waals surface area contributed by atoms with Crippen LogP contribution in [0.3, 0.4) is 0 Å². The van der Waals surface area contributed by atoms with Gasteiger partial charge in [0.15, 0.2) is 0 Å². The van der Waals surface area contributed by atoms with Gasteiger partial charge in [-0.3, -0.25) is 0 Å². The number of hydrogen-bond donors (Lipinski definition) is 0. The van der Waals surface area contributed by atoms with E-state index in [0.29, 0.717) is 0 Å². The molecule has 0 N–H and O–H groups in total. The normalized spacial score (nSPS) is 17.0. The van der Waals surface area contributed by atoms with Crippen molar-refractivity contribution >= 4 is 0 Å². The van der Waals surface area contributed by atoms with Crippen molar-refractivity contribution in [1.82, 2.24) is 0 Å². The molecule has 0 saturated heterocycles. The number of rotatable bonds is 3. The predicted molar refractivity (Wildman–Crippen MR) is 41.4 cm³/mol. The molecule has 0 bridgehead atoms. The molecule has 10 heavy (non-hydrogen) atoms. The van der Waals surface area contributed by atoms with Crippen LogP contribution in [0.2, 0.25) is 0 Å². The molecule has 1 heteroatoms. The second-order valence-corrected chi connectivity index (χ2v) is 1.67. The molecule has 1 rings (SSSR count). The first-order valence-electron chi connectivity index (χ1n) is 5.32. The molecule has 0 saturated carbocycles. The summed E-state index contributed by atoms with van der Waals surface area (Å²) in [5.41, 5.74) is 0.246. The van der Waals surface area contributed by atoms with E-state index in [1.165, 1.54) is 12.1 Å². The summed E-state index contributed by atoms with van der Waals surface area (Å²) in [7, 11) is 0. The van der Waals surface area contributed by atoms with Gasteiger partial charge in [-0.1, -0.05) is 36.9 Å². The molecule has 0 heterocycles. The zero-order valence-corrected chi connectivity index (χ0v) is 5.29. The van der Waals surface area contributed by atoms with Crippen LogP contribution in [0.1, 0.15) is 12.4 Å². The zero-order valence-electron chi connectivity index (χ0n) is 10.3. The van der Waals surface area contributed by atoms with Gasteiger partial charge in [-0.05, 0) is 5.56 Å². The minimum absolute atomic E-state index is 0.246. The van der Waals surface area contributed by atoms with E-state index in [1.807, 2.05) is 0 Å². The lowest BCUT2D eigenvalue weighted by Gasteiger charge is -1.98. The number of ether oxygens (including phenoxy) is 1. The first kappa shape index (κ1) is 2.79. The molecule has 52 valence electrons. The summed E-state index contributed by atoms with van der Waals surface area (Å²) in [6, 6.07) is 8.05. The summed E-state index contributed by atoms with van der Waals surface area (Å²) in [6.07, 6.45) is -0.788. The van der Waals surface area contributed by atoms with E-state index in [0.717, 1.165) is 0 Å². The average Bonchev–Trinajstić information content (AvgIpc) is 2.18. The molecule has 1 aromatic rings. The van der Waals surface area contributed by atoms with E-state index in [-0.39, 0.29) is 5.56 Å². The van der Waals surface area contributed by atoms with Gasteiger partial charge >= 0.3 is 0 Å². The Kier molecular flexibility index (Phi) is 1.04. The molecule has 0 fully saturated rings. The maximum Gasteiger partial charge on any atom is 0.112 e. The van der Waals surface area contributed by atoms with Crippen molar-refractivity contribution in [2.45, 2.75) is 6.56 Å². The molecule has 1 nitrogen and oxygen atoms in total. The summed E-state index contributed by atoms with van der Waals surface area (Å²) in [5.74, 6) is 0. The predicted octanol–water partition coefficient (Wildman–Crippen LogP) is 2.35. The molecule has 0 amide bonds. The molecule has 0 atom stereocenters. The van der Waals surface area contributed by atoms with Gasteiger partial charge in [0.05, 0.1) is 11.7 Å². The SMILES string of the molecule is [2H]C([2H])=C([2H])OC([2H])([2H])c1ccccc1. The van der Waals surface area contributed by atoms with Crippen LogP contribution in [0.4, 0.5) is 0 Å². The van der Waals surface area contributed by atoms with Gasteiger partial charge in [0.2, 0.25) is 0 Å². The van der Waals surface area contributed by atoms with Crippen molar-refractivity contribution in [3.05, 3.63) is 48.7 Å². The molecular formula is C9H10O. The first-order valence-corrected chi connectivity index (χ1v) is 2.82. The minimum atomic E-state index is -2.19. The van der Waals surface area contributed by atoms with Crippen LogP contribution < -0.4 is 0 Å². The highest BCUT2D eigenvalue weighted by molar-refractivity contribution is 5.13. The molecule has 0 aliphatic carbocycles. The monoisotopic (exact) mass is 139 g/mol. The van der Waals surface area contributed by atoms with E-state index >= 15 is 0 Å². The van der Waals surface area contributed by atoms with Crippen LogP contribution in [0.5, 0.6) is 0 Å². The first-order chi connectivity index (χ1) is 6.93. The summed E-state index contributed by atoms with van der Waals surface area (Å²) >= 11 is 0. The standard InChI is InChI=1S/C9H10O/c1-2-10-8-9-6-4-3-5-7-9/h2-7H,1,8H2/i1D2,2D,8D2. The highest BCUT2D eigenvalue weighted by atomic mass is 16.5. The van der Waals surface area contributed by atoms with Crippen molar-refractivity contribution in [3.63, 3.8) is 0 Å². The second kappa shape index (κ2) is 3.72. The highest BCUT2D eigenvalue weighted by Gasteiger charge is 1.85. The third-order valence-corrected chi connectivity index (χ3v) is 0.994. The molecule has 1 aromatic carbocycles. The van der Waals surface area contributed by atoms with Gasteiger partial charge < -0.3 is 4.74 Å². The van der Waals surface area contributed by atoms with Crippen molar-refractivity contribution in [3.8, 4) is 0 Å². The molecule has 0 aromatic heterocycles. The number of benzene rings is 1. The van der Waals surface area contributed by atoms with Crippen LogP contribution in [-0.4, -0.2) is 0 Å². The molecule has 0 unspecified atom stereocenters. The lowest BCUT2D eigenvalue weighted by atomic mass is 10.2. The molecule has 0 aliphatic heterocycles. The maximum atomic E-state index is 7.51. The Hall–Kier alpha value is -1.24. The summed E-state index contributed by atoms with van der Waals surface area (Å²) in [6.45, 7) is -3.04. The van der Waals surface area contributed by atoms with Gasteiger partial charge in [0.1, 0.15) is 7.93 Å². The molecular weight excluding hydrogens is 124 g/mol. The minimum Gasteiger partial charge on any atom is -0.497 e. The smallest absolute Gasteiger partial charge is 0.112 e. The van der Waals surface area contributed by atoms with Crippen molar-refractivity contribution < 1.29 is 11.6 Å². The van der Waals surface area contributed by atoms with Crippen molar-refractivity contribution in [2.75, 3.05) is 0 Å². The van der Waals surface area contributed by atoms with E-state index in [9.17, 15) is 0 Å². The van der Waals surface area contributed by atoms with Crippen molar-refractivity contribution in [2.24, 2.45) is 0 Å². The highest BCUT2D eigenvalue weighted by Crippen LogP contribution is 1.99. The van der Waals surface area contributed by atoms with Crippen molar-refractivity contribution in [1.29, 1.82) is 0 Å². The fourth-order valence-corrected chi connectivity index (χ4v) is 0.591. The van der Waals surface area contributed by atoms with Crippen LogP contribution >= 0.6 is 0 Å². The fourth-order valence-electron chi connectivity index (χ4n) is 0.591. The van der Waals surface area contributed by atoms with E-state index in [2.05, 4.69) is 4.74 Å². The van der Waals surface area contributed by atoms with Gasteiger partial charge in [0.25, 0.3) is 0 Å².